The summed E-state index contributed by atoms with van der Waals surface area (Å²) >= 11 is 0. The molecule has 1 aliphatic heterocycles. The number of carbonyl (C=O) groups is 1. The van der Waals surface area contributed by atoms with Crippen LogP contribution in [-0.2, 0) is 6.54 Å². The number of piperidine rings is 1. The number of nitrogens with zero attached hydrogens (tertiary/aromatic N) is 1. The minimum absolute atomic E-state index is 0.0160. The minimum Gasteiger partial charge on any atom is -0.349 e. The number of likely N-dealkylation sites (tertiary alicyclic amines) is 1. The Morgan fingerprint density at radius 2 is 1.65 bits per heavy atom. The first-order chi connectivity index (χ1) is 15.0. The topological polar surface area (TPSA) is 32.3 Å². The van der Waals surface area contributed by atoms with E-state index in [1.54, 1.807) is 6.07 Å². The average Bonchev–Trinajstić information content (AvgIpc) is 2.77. The van der Waals surface area contributed by atoms with Crippen LogP contribution in [-0.4, -0.2) is 29.9 Å². The molecular weight excluding hydrogens is 394 g/mol. The van der Waals surface area contributed by atoms with E-state index in [1.165, 1.54) is 6.07 Å². The first kappa shape index (κ1) is 21.2. The Morgan fingerprint density at radius 3 is 2.35 bits per heavy atom. The van der Waals surface area contributed by atoms with E-state index in [0.717, 1.165) is 55.2 Å². The maximum absolute atomic E-state index is 13.6. The molecule has 0 aliphatic carbocycles. The number of rotatable bonds is 5. The van der Waals surface area contributed by atoms with Crippen molar-refractivity contribution in [1.29, 1.82) is 0 Å². The van der Waals surface area contributed by atoms with Gasteiger partial charge < -0.3 is 5.32 Å². The van der Waals surface area contributed by atoms with Crippen LogP contribution in [0.1, 0.15) is 34.3 Å². The lowest BCUT2D eigenvalue weighted by Gasteiger charge is -2.32. The van der Waals surface area contributed by atoms with Gasteiger partial charge in [0.05, 0.1) is 0 Å². The van der Waals surface area contributed by atoms with Gasteiger partial charge in [-0.15, -0.1) is 0 Å². The molecule has 3 aromatic rings. The van der Waals surface area contributed by atoms with E-state index in [1.807, 2.05) is 49.4 Å². The Kier molecular flexibility index (Phi) is 6.42. The Balaban J connectivity index is 1.32. The lowest BCUT2D eigenvalue weighted by atomic mass is 10.0. The second-order valence-electron chi connectivity index (χ2n) is 8.22. The number of hydrogen-bond donors (Lipinski definition) is 1. The number of nitrogens with one attached hydrogen (secondary N) is 1. The molecule has 1 fully saturated rings. The molecule has 1 saturated heterocycles. The molecular formula is C26H26F2N2O. The summed E-state index contributed by atoms with van der Waals surface area (Å²) < 4.78 is 26.8. The van der Waals surface area contributed by atoms with Crippen LogP contribution in [0.3, 0.4) is 0 Å². The monoisotopic (exact) mass is 420 g/mol. The zero-order valence-electron chi connectivity index (χ0n) is 17.6. The van der Waals surface area contributed by atoms with Crippen molar-refractivity contribution >= 4 is 5.91 Å². The smallest absolute Gasteiger partial charge is 0.251 e. The third-order valence-corrected chi connectivity index (χ3v) is 5.82. The fourth-order valence-corrected chi connectivity index (χ4v) is 3.99. The summed E-state index contributed by atoms with van der Waals surface area (Å²) in [6, 6.07) is 19.7. The number of aryl methyl sites for hydroxylation is 1. The van der Waals surface area contributed by atoms with Crippen LogP contribution in [0.25, 0.3) is 11.1 Å². The lowest BCUT2D eigenvalue weighted by Crippen LogP contribution is -2.44. The van der Waals surface area contributed by atoms with E-state index in [9.17, 15) is 13.6 Å². The first-order valence-corrected chi connectivity index (χ1v) is 10.6. The molecule has 1 aliphatic rings. The van der Waals surface area contributed by atoms with Gasteiger partial charge in [0.1, 0.15) is 0 Å². The standard InChI is InChI=1S/C26H26F2N2O/c1-18-5-7-20(8-6-18)26(31)29-23-11-13-30(14-12-23)17-19-3-2-4-21(15-19)22-9-10-24(27)25(28)16-22/h2-10,15-16,23H,11-14,17H2,1H3,(H,29,31). The summed E-state index contributed by atoms with van der Waals surface area (Å²) in [5.74, 6) is -1.69. The molecule has 5 heteroatoms. The summed E-state index contributed by atoms with van der Waals surface area (Å²) in [7, 11) is 0. The van der Waals surface area contributed by atoms with Crippen LogP contribution in [0.15, 0.2) is 66.7 Å². The van der Waals surface area contributed by atoms with Crippen molar-refractivity contribution in [2.24, 2.45) is 0 Å². The zero-order chi connectivity index (χ0) is 21.8. The van der Waals surface area contributed by atoms with Crippen LogP contribution >= 0.6 is 0 Å². The van der Waals surface area contributed by atoms with E-state index < -0.39 is 11.6 Å². The number of halogens is 2. The molecule has 0 atom stereocenters. The van der Waals surface area contributed by atoms with E-state index in [0.29, 0.717) is 11.1 Å². The van der Waals surface area contributed by atoms with E-state index in [2.05, 4.69) is 16.3 Å². The highest BCUT2D eigenvalue weighted by Crippen LogP contribution is 2.24. The van der Waals surface area contributed by atoms with Gasteiger partial charge in [0.15, 0.2) is 11.6 Å². The molecule has 1 N–H and O–H groups in total. The largest absolute Gasteiger partial charge is 0.349 e. The molecule has 0 spiro atoms. The Bertz CT molecular complexity index is 1060. The van der Waals surface area contributed by atoms with Gasteiger partial charge in [-0.2, -0.15) is 0 Å². The molecule has 0 radical (unpaired) electrons. The third-order valence-electron chi connectivity index (χ3n) is 5.82. The van der Waals surface area contributed by atoms with Crippen molar-refractivity contribution < 1.29 is 13.6 Å². The molecule has 0 saturated carbocycles. The summed E-state index contributed by atoms with van der Waals surface area (Å²) in [6.45, 7) is 4.59. The van der Waals surface area contributed by atoms with E-state index >= 15 is 0 Å². The Hall–Kier alpha value is -3.05. The average molecular weight is 421 g/mol. The predicted molar refractivity (Wildman–Crippen MR) is 119 cm³/mol. The van der Waals surface area contributed by atoms with Crippen LogP contribution in [0, 0.1) is 18.6 Å². The molecule has 0 aromatic heterocycles. The van der Waals surface area contributed by atoms with Gasteiger partial charge in [-0.25, -0.2) is 8.78 Å². The van der Waals surface area contributed by atoms with Gasteiger partial charge >= 0.3 is 0 Å². The van der Waals surface area contributed by atoms with Crippen LogP contribution in [0.5, 0.6) is 0 Å². The van der Waals surface area contributed by atoms with Gasteiger partial charge in [-0.05, 0) is 66.8 Å². The maximum Gasteiger partial charge on any atom is 0.251 e. The SMILES string of the molecule is Cc1ccc(C(=O)NC2CCN(Cc3cccc(-c4ccc(F)c(F)c4)c3)CC2)cc1. The molecule has 3 aromatic carbocycles. The van der Waals surface area contributed by atoms with Gasteiger partial charge in [0, 0.05) is 31.2 Å². The molecule has 0 bridgehead atoms. The minimum atomic E-state index is -0.836. The molecule has 3 nitrogen and oxygen atoms in total. The number of carbonyl (C=O) groups excluding carboxylic acids is 1. The number of amides is 1. The summed E-state index contributed by atoms with van der Waals surface area (Å²) in [4.78, 5) is 14.8. The van der Waals surface area contributed by atoms with Gasteiger partial charge in [0.2, 0.25) is 0 Å². The van der Waals surface area contributed by atoms with Crippen molar-refractivity contribution in [2.75, 3.05) is 13.1 Å². The van der Waals surface area contributed by atoms with Crippen molar-refractivity contribution in [3.63, 3.8) is 0 Å². The molecule has 1 amide bonds. The molecule has 1 heterocycles. The van der Waals surface area contributed by atoms with Crippen molar-refractivity contribution in [2.45, 2.75) is 32.4 Å². The highest BCUT2D eigenvalue weighted by atomic mass is 19.2. The second-order valence-corrected chi connectivity index (χ2v) is 8.22. The van der Waals surface area contributed by atoms with Gasteiger partial charge in [-0.3, -0.25) is 9.69 Å². The summed E-state index contributed by atoms with van der Waals surface area (Å²) in [5.41, 5.74) is 4.50. The predicted octanol–water partition coefficient (Wildman–Crippen LogP) is 5.33. The van der Waals surface area contributed by atoms with E-state index in [-0.39, 0.29) is 11.9 Å². The highest BCUT2D eigenvalue weighted by Gasteiger charge is 2.21. The zero-order valence-corrected chi connectivity index (χ0v) is 17.6. The normalized spacial score (nSPS) is 15.1. The molecule has 31 heavy (non-hydrogen) atoms. The maximum atomic E-state index is 13.6. The highest BCUT2D eigenvalue weighted by molar-refractivity contribution is 5.94. The van der Waals surface area contributed by atoms with Crippen LogP contribution in [0.4, 0.5) is 8.78 Å². The third kappa shape index (κ3) is 5.36. The summed E-state index contributed by atoms with van der Waals surface area (Å²) in [6.07, 6.45) is 1.81. The van der Waals surface area contributed by atoms with Crippen molar-refractivity contribution in [3.8, 4) is 11.1 Å². The quantitative estimate of drug-likeness (QED) is 0.605. The Labute approximate surface area is 181 Å². The van der Waals surface area contributed by atoms with E-state index in [4.69, 9.17) is 0 Å². The fourth-order valence-electron chi connectivity index (χ4n) is 3.99. The fraction of sp³-hybridized carbons (Fsp3) is 0.269. The second kappa shape index (κ2) is 9.40. The van der Waals surface area contributed by atoms with Crippen LogP contribution in [0.2, 0.25) is 0 Å². The lowest BCUT2D eigenvalue weighted by molar-refractivity contribution is 0.0909. The first-order valence-electron chi connectivity index (χ1n) is 10.6. The molecule has 0 unspecified atom stereocenters. The Morgan fingerprint density at radius 1 is 0.935 bits per heavy atom. The van der Waals surface area contributed by atoms with Crippen molar-refractivity contribution in [3.05, 3.63) is 95.1 Å². The van der Waals surface area contributed by atoms with Gasteiger partial charge in [-0.1, -0.05) is 42.0 Å². The number of hydrogen-bond acceptors (Lipinski definition) is 2. The van der Waals surface area contributed by atoms with Crippen LogP contribution < -0.4 is 5.32 Å². The number of benzene rings is 3. The summed E-state index contributed by atoms with van der Waals surface area (Å²) in [5, 5.41) is 3.15. The van der Waals surface area contributed by atoms with Crippen molar-refractivity contribution in [1.82, 2.24) is 10.2 Å². The molecule has 160 valence electrons. The molecule has 4 rings (SSSR count). The van der Waals surface area contributed by atoms with Gasteiger partial charge in [0.25, 0.3) is 5.91 Å².